The zero-order valence-electron chi connectivity index (χ0n) is 11.8. The van der Waals surface area contributed by atoms with E-state index in [1.165, 1.54) is 12.1 Å². The highest BCUT2D eigenvalue weighted by Gasteiger charge is 2.32. The molecule has 1 saturated carbocycles. The standard InChI is InChI=1S/C16H19FN2O2/c17-14-6-2-1-5-13(14)16(21)19-9-3-4-11(10-19)15(20)18-12-7-8-12/h1-2,5-6,11-12H,3-4,7-10H2,(H,18,20). The summed E-state index contributed by atoms with van der Waals surface area (Å²) in [7, 11) is 0. The van der Waals surface area contributed by atoms with Crippen LogP contribution in [0.25, 0.3) is 0 Å². The molecule has 1 saturated heterocycles. The second-order valence-corrected chi connectivity index (χ2v) is 5.85. The highest BCUT2D eigenvalue weighted by atomic mass is 19.1. The van der Waals surface area contributed by atoms with Crippen molar-refractivity contribution in [1.29, 1.82) is 0 Å². The Morgan fingerprint density at radius 2 is 1.95 bits per heavy atom. The molecule has 2 fully saturated rings. The number of rotatable bonds is 3. The minimum Gasteiger partial charge on any atom is -0.353 e. The predicted molar refractivity (Wildman–Crippen MR) is 76.2 cm³/mol. The first-order valence-corrected chi connectivity index (χ1v) is 7.49. The highest BCUT2D eigenvalue weighted by molar-refractivity contribution is 5.95. The minimum atomic E-state index is -0.507. The number of nitrogens with one attached hydrogen (secondary N) is 1. The Labute approximate surface area is 123 Å². The maximum atomic E-state index is 13.7. The average Bonchev–Trinajstić information content (AvgIpc) is 3.31. The number of carbonyl (C=O) groups excluding carboxylic acids is 2. The monoisotopic (exact) mass is 290 g/mol. The largest absolute Gasteiger partial charge is 0.353 e. The summed E-state index contributed by atoms with van der Waals surface area (Å²) in [5, 5.41) is 2.98. The second kappa shape index (κ2) is 5.84. The van der Waals surface area contributed by atoms with E-state index in [1.54, 1.807) is 17.0 Å². The third-order valence-corrected chi connectivity index (χ3v) is 4.11. The van der Waals surface area contributed by atoms with Crippen molar-refractivity contribution >= 4 is 11.8 Å². The zero-order valence-corrected chi connectivity index (χ0v) is 11.8. The van der Waals surface area contributed by atoms with Gasteiger partial charge in [-0.2, -0.15) is 0 Å². The SMILES string of the molecule is O=C(NC1CC1)C1CCCN(C(=O)c2ccccc2F)C1. The molecule has 1 N–H and O–H groups in total. The lowest BCUT2D eigenvalue weighted by Gasteiger charge is -2.32. The molecule has 112 valence electrons. The van der Waals surface area contributed by atoms with Crippen LogP contribution in [0.2, 0.25) is 0 Å². The molecule has 1 heterocycles. The van der Waals surface area contributed by atoms with Crippen molar-refractivity contribution in [3.8, 4) is 0 Å². The highest BCUT2D eigenvalue weighted by Crippen LogP contribution is 2.23. The number of amides is 2. The van der Waals surface area contributed by atoms with Gasteiger partial charge in [-0.05, 0) is 37.8 Å². The number of benzene rings is 1. The summed E-state index contributed by atoms with van der Waals surface area (Å²) in [6.45, 7) is 0.964. The Morgan fingerprint density at radius 1 is 1.19 bits per heavy atom. The van der Waals surface area contributed by atoms with Crippen molar-refractivity contribution in [2.24, 2.45) is 5.92 Å². The molecule has 1 aromatic rings. The van der Waals surface area contributed by atoms with Gasteiger partial charge < -0.3 is 10.2 Å². The molecule has 21 heavy (non-hydrogen) atoms. The van der Waals surface area contributed by atoms with Crippen molar-refractivity contribution in [3.63, 3.8) is 0 Å². The molecule has 4 nitrogen and oxygen atoms in total. The first kappa shape index (κ1) is 14.0. The third kappa shape index (κ3) is 3.23. The van der Waals surface area contributed by atoms with E-state index in [4.69, 9.17) is 0 Å². The number of halogens is 1. The Bertz CT molecular complexity index is 557. The van der Waals surface area contributed by atoms with Gasteiger partial charge >= 0.3 is 0 Å². The maximum Gasteiger partial charge on any atom is 0.256 e. The van der Waals surface area contributed by atoms with E-state index in [-0.39, 0.29) is 23.3 Å². The van der Waals surface area contributed by atoms with Crippen LogP contribution in [-0.4, -0.2) is 35.8 Å². The molecule has 3 rings (SSSR count). The Hall–Kier alpha value is -1.91. The van der Waals surface area contributed by atoms with E-state index in [2.05, 4.69) is 5.32 Å². The number of likely N-dealkylation sites (tertiary alicyclic amines) is 1. The van der Waals surface area contributed by atoms with Crippen LogP contribution in [0.1, 0.15) is 36.0 Å². The van der Waals surface area contributed by atoms with Crippen molar-refractivity contribution in [3.05, 3.63) is 35.6 Å². The van der Waals surface area contributed by atoms with Gasteiger partial charge in [-0.3, -0.25) is 9.59 Å². The summed E-state index contributed by atoms with van der Waals surface area (Å²) in [5.41, 5.74) is 0.0840. The quantitative estimate of drug-likeness (QED) is 0.925. The fourth-order valence-electron chi connectivity index (χ4n) is 2.73. The molecule has 1 unspecified atom stereocenters. The first-order valence-electron chi connectivity index (χ1n) is 7.49. The van der Waals surface area contributed by atoms with Gasteiger partial charge in [0.1, 0.15) is 5.82 Å². The van der Waals surface area contributed by atoms with E-state index in [1.807, 2.05) is 0 Å². The van der Waals surface area contributed by atoms with Gasteiger partial charge in [0, 0.05) is 19.1 Å². The van der Waals surface area contributed by atoms with E-state index < -0.39 is 5.82 Å². The number of piperidine rings is 1. The number of carbonyl (C=O) groups is 2. The topological polar surface area (TPSA) is 49.4 Å². The van der Waals surface area contributed by atoms with Crippen molar-refractivity contribution < 1.29 is 14.0 Å². The summed E-state index contributed by atoms with van der Waals surface area (Å²) in [6.07, 6.45) is 3.68. The van der Waals surface area contributed by atoms with Crippen LogP contribution < -0.4 is 5.32 Å². The zero-order chi connectivity index (χ0) is 14.8. The lowest BCUT2D eigenvalue weighted by atomic mass is 9.96. The lowest BCUT2D eigenvalue weighted by Crippen LogP contribution is -2.46. The van der Waals surface area contributed by atoms with Gasteiger partial charge in [-0.15, -0.1) is 0 Å². The van der Waals surface area contributed by atoms with Gasteiger partial charge in [-0.25, -0.2) is 4.39 Å². The van der Waals surface area contributed by atoms with Gasteiger partial charge in [0.15, 0.2) is 0 Å². The van der Waals surface area contributed by atoms with E-state index in [0.29, 0.717) is 19.1 Å². The van der Waals surface area contributed by atoms with Crippen molar-refractivity contribution in [1.82, 2.24) is 10.2 Å². The van der Waals surface area contributed by atoms with Crippen LogP contribution in [0.3, 0.4) is 0 Å². The van der Waals surface area contributed by atoms with E-state index in [0.717, 1.165) is 25.7 Å². The summed E-state index contributed by atoms with van der Waals surface area (Å²) < 4.78 is 13.7. The Balaban J connectivity index is 1.66. The molecular formula is C16H19FN2O2. The Morgan fingerprint density at radius 3 is 2.67 bits per heavy atom. The number of hydrogen-bond donors (Lipinski definition) is 1. The fraction of sp³-hybridized carbons (Fsp3) is 0.500. The minimum absolute atomic E-state index is 0.0310. The van der Waals surface area contributed by atoms with Crippen LogP contribution in [0.5, 0.6) is 0 Å². The molecule has 1 aliphatic carbocycles. The maximum absolute atomic E-state index is 13.7. The molecule has 1 aromatic carbocycles. The van der Waals surface area contributed by atoms with Gasteiger partial charge in [0.05, 0.1) is 11.5 Å². The van der Waals surface area contributed by atoms with Crippen LogP contribution >= 0.6 is 0 Å². The number of hydrogen-bond acceptors (Lipinski definition) is 2. The molecule has 2 aliphatic rings. The molecule has 0 spiro atoms. The Kier molecular flexibility index (Phi) is 3.90. The van der Waals surface area contributed by atoms with Gasteiger partial charge in [0.25, 0.3) is 5.91 Å². The van der Waals surface area contributed by atoms with Crippen LogP contribution in [-0.2, 0) is 4.79 Å². The summed E-state index contributed by atoms with van der Waals surface area (Å²) in [5.74, 6) is -0.970. The molecule has 5 heteroatoms. The molecule has 0 radical (unpaired) electrons. The molecule has 1 aliphatic heterocycles. The summed E-state index contributed by atoms with van der Waals surface area (Å²) in [4.78, 5) is 26.1. The van der Waals surface area contributed by atoms with Gasteiger partial charge in [-0.1, -0.05) is 12.1 Å². The summed E-state index contributed by atoms with van der Waals surface area (Å²) >= 11 is 0. The average molecular weight is 290 g/mol. The lowest BCUT2D eigenvalue weighted by molar-refractivity contribution is -0.126. The molecule has 0 bridgehead atoms. The first-order chi connectivity index (χ1) is 10.1. The smallest absolute Gasteiger partial charge is 0.256 e. The molecule has 0 aromatic heterocycles. The summed E-state index contributed by atoms with van der Waals surface area (Å²) in [6, 6.07) is 6.32. The van der Waals surface area contributed by atoms with Crippen molar-refractivity contribution in [2.75, 3.05) is 13.1 Å². The molecular weight excluding hydrogens is 271 g/mol. The second-order valence-electron chi connectivity index (χ2n) is 5.85. The molecule has 2 amide bonds. The normalized spacial score (nSPS) is 22.0. The van der Waals surface area contributed by atoms with Crippen LogP contribution in [0.4, 0.5) is 4.39 Å². The van der Waals surface area contributed by atoms with E-state index >= 15 is 0 Å². The number of nitrogens with zero attached hydrogens (tertiary/aromatic N) is 1. The van der Waals surface area contributed by atoms with Crippen LogP contribution in [0, 0.1) is 11.7 Å². The molecule has 1 atom stereocenters. The fourth-order valence-corrected chi connectivity index (χ4v) is 2.73. The van der Waals surface area contributed by atoms with Crippen molar-refractivity contribution in [2.45, 2.75) is 31.7 Å². The van der Waals surface area contributed by atoms with E-state index in [9.17, 15) is 14.0 Å². The van der Waals surface area contributed by atoms with Gasteiger partial charge in [0.2, 0.25) is 5.91 Å². The predicted octanol–water partition coefficient (Wildman–Crippen LogP) is 1.96. The van der Waals surface area contributed by atoms with Crippen LogP contribution in [0.15, 0.2) is 24.3 Å². The third-order valence-electron chi connectivity index (χ3n) is 4.11.